The smallest absolute Gasteiger partial charge is 0.0949 e. The highest BCUT2D eigenvalue weighted by molar-refractivity contribution is 4.91. The first-order chi connectivity index (χ1) is 7.93. The summed E-state index contributed by atoms with van der Waals surface area (Å²) in [5.41, 5.74) is 0. The van der Waals surface area contributed by atoms with Gasteiger partial charge in [-0.2, -0.15) is 0 Å². The third-order valence-electron chi connectivity index (χ3n) is 4.00. The minimum absolute atomic E-state index is 0.634. The largest absolute Gasteiger partial charge is 0.333 e. The molecule has 2 aliphatic carbocycles. The van der Waals surface area contributed by atoms with Gasteiger partial charge in [0.1, 0.15) is 0 Å². The van der Waals surface area contributed by atoms with Gasteiger partial charge >= 0.3 is 0 Å². The topological polar surface area (TPSA) is 29.9 Å². The van der Waals surface area contributed by atoms with Crippen LogP contribution in [0.1, 0.15) is 44.6 Å². The molecule has 0 bridgehead atoms. The number of nitrogens with zero attached hydrogens (tertiary/aromatic N) is 2. The zero-order chi connectivity index (χ0) is 10.8. The third-order valence-corrected chi connectivity index (χ3v) is 4.00. The van der Waals surface area contributed by atoms with E-state index in [1.165, 1.54) is 45.1 Å². The van der Waals surface area contributed by atoms with Crippen LogP contribution < -0.4 is 5.32 Å². The predicted molar refractivity (Wildman–Crippen MR) is 64.2 cm³/mol. The van der Waals surface area contributed by atoms with Crippen LogP contribution in [0.15, 0.2) is 18.7 Å². The van der Waals surface area contributed by atoms with Crippen LogP contribution in [0, 0.1) is 5.92 Å². The van der Waals surface area contributed by atoms with Crippen molar-refractivity contribution in [2.24, 2.45) is 5.92 Å². The van der Waals surface area contributed by atoms with Gasteiger partial charge in [0, 0.05) is 24.5 Å². The lowest BCUT2D eigenvalue weighted by molar-refractivity contribution is 0.260. The number of imidazole rings is 1. The predicted octanol–water partition coefficient (Wildman–Crippen LogP) is 2.37. The lowest BCUT2D eigenvalue weighted by Gasteiger charge is -2.33. The zero-order valence-corrected chi connectivity index (χ0v) is 9.81. The van der Waals surface area contributed by atoms with E-state index in [-0.39, 0.29) is 0 Å². The second kappa shape index (κ2) is 4.58. The van der Waals surface area contributed by atoms with Gasteiger partial charge in [0.05, 0.1) is 6.33 Å². The fourth-order valence-corrected chi connectivity index (χ4v) is 2.81. The number of rotatable bonds is 4. The minimum Gasteiger partial charge on any atom is -0.333 e. The molecule has 16 heavy (non-hydrogen) atoms. The van der Waals surface area contributed by atoms with E-state index in [9.17, 15) is 0 Å². The molecule has 88 valence electrons. The van der Waals surface area contributed by atoms with Crippen LogP contribution in [-0.2, 0) is 0 Å². The van der Waals surface area contributed by atoms with Crippen molar-refractivity contribution in [3.63, 3.8) is 0 Å². The van der Waals surface area contributed by atoms with Crippen LogP contribution in [0.3, 0.4) is 0 Å². The Labute approximate surface area is 97.3 Å². The molecule has 3 heteroatoms. The lowest BCUT2D eigenvalue weighted by atomic mass is 9.90. The number of aromatic nitrogens is 2. The van der Waals surface area contributed by atoms with Crippen LogP contribution in [0.5, 0.6) is 0 Å². The Bertz CT molecular complexity index is 316. The first-order valence-electron chi connectivity index (χ1n) is 6.64. The fraction of sp³-hybridized carbons (Fsp3) is 0.769. The Balaban J connectivity index is 1.63. The minimum atomic E-state index is 0.634. The SMILES string of the molecule is c1cn([C@H]2CCCC[C@H]2NCC2CC2)cn1. The number of nitrogens with one attached hydrogen (secondary N) is 1. The van der Waals surface area contributed by atoms with E-state index < -0.39 is 0 Å². The Morgan fingerprint density at radius 3 is 2.81 bits per heavy atom. The summed E-state index contributed by atoms with van der Waals surface area (Å²) in [7, 11) is 0. The van der Waals surface area contributed by atoms with E-state index in [1.807, 2.05) is 12.5 Å². The van der Waals surface area contributed by atoms with E-state index in [4.69, 9.17) is 0 Å². The average molecular weight is 219 g/mol. The van der Waals surface area contributed by atoms with Gasteiger partial charge in [-0.15, -0.1) is 0 Å². The molecule has 0 amide bonds. The lowest BCUT2D eigenvalue weighted by Crippen LogP contribution is -2.40. The fourth-order valence-electron chi connectivity index (χ4n) is 2.81. The molecule has 1 N–H and O–H groups in total. The highest BCUT2D eigenvalue weighted by atomic mass is 15.1. The molecule has 1 aromatic heterocycles. The molecule has 1 heterocycles. The molecular weight excluding hydrogens is 198 g/mol. The maximum absolute atomic E-state index is 4.17. The van der Waals surface area contributed by atoms with E-state index in [1.54, 1.807) is 0 Å². The molecule has 2 saturated carbocycles. The maximum Gasteiger partial charge on any atom is 0.0949 e. The molecule has 2 aliphatic rings. The molecule has 2 fully saturated rings. The van der Waals surface area contributed by atoms with Crippen LogP contribution in [-0.4, -0.2) is 22.1 Å². The van der Waals surface area contributed by atoms with Crippen molar-refractivity contribution in [1.29, 1.82) is 0 Å². The molecule has 0 spiro atoms. The van der Waals surface area contributed by atoms with Gasteiger partial charge in [0.25, 0.3) is 0 Å². The van der Waals surface area contributed by atoms with Crippen molar-refractivity contribution in [2.45, 2.75) is 50.6 Å². The maximum atomic E-state index is 4.17. The molecule has 0 saturated heterocycles. The van der Waals surface area contributed by atoms with Crippen molar-refractivity contribution in [2.75, 3.05) is 6.54 Å². The Morgan fingerprint density at radius 2 is 2.06 bits per heavy atom. The molecule has 1 aromatic rings. The Kier molecular flexibility index (Phi) is 2.96. The van der Waals surface area contributed by atoms with E-state index >= 15 is 0 Å². The van der Waals surface area contributed by atoms with Crippen LogP contribution in [0.4, 0.5) is 0 Å². The molecule has 0 aliphatic heterocycles. The van der Waals surface area contributed by atoms with Gasteiger partial charge in [-0.25, -0.2) is 4.98 Å². The first-order valence-corrected chi connectivity index (χ1v) is 6.64. The summed E-state index contributed by atoms with van der Waals surface area (Å²) in [5, 5.41) is 3.77. The summed E-state index contributed by atoms with van der Waals surface area (Å²) in [6.07, 6.45) is 14.2. The van der Waals surface area contributed by atoms with Gasteiger partial charge in [-0.3, -0.25) is 0 Å². The van der Waals surface area contributed by atoms with Crippen molar-refractivity contribution >= 4 is 0 Å². The van der Waals surface area contributed by atoms with Gasteiger partial charge in [0.2, 0.25) is 0 Å². The molecule has 3 rings (SSSR count). The number of hydrogen-bond acceptors (Lipinski definition) is 2. The second-order valence-corrected chi connectivity index (χ2v) is 5.32. The molecular formula is C13H21N3. The van der Waals surface area contributed by atoms with Crippen molar-refractivity contribution in [3.8, 4) is 0 Å². The van der Waals surface area contributed by atoms with Crippen LogP contribution in [0.2, 0.25) is 0 Å². The van der Waals surface area contributed by atoms with Crippen molar-refractivity contribution < 1.29 is 0 Å². The van der Waals surface area contributed by atoms with E-state index in [2.05, 4.69) is 21.1 Å². The van der Waals surface area contributed by atoms with E-state index in [0.29, 0.717) is 12.1 Å². The third kappa shape index (κ3) is 2.29. The van der Waals surface area contributed by atoms with Gasteiger partial charge < -0.3 is 9.88 Å². The summed E-state index contributed by atoms with van der Waals surface area (Å²) >= 11 is 0. The highest BCUT2D eigenvalue weighted by Gasteiger charge is 2.28. The summed E-state index contributed by atoms with van der Waals surface area (Å²) in [6, 6.07) is 1.30. The quantitative estimate of drug-likeness (QED) is 0.842. The summed E-state index contributed by atoms with van der Waals surface area (Å²) in [4.78, 5) is 4.17. The van der Waals surface area contributed by atoms with Gasteiger partial charge in [0.15, 0.2) is 0 Å². The van der Waals surface area contributed by atoms with Crippen LogP contribution in [0.25, 0.3) is 0 Å². The summed E-state index contributed by atoms with van der Waals surface area (Å²) in [6.45, 7) is 1.23. The standard InChI is InChI=1S/C13H21N3/c1-2-4-13(16-8-7-14-10-16)12(3-1)15-9-11-5-6-11/h7-8,10-13,15H,1-6,9H2/t12-,13+/m1/s1. The van der Waals surface area contributed by atoms with Crippen LogP contribution >= 0.6 is 0 Å². The van der Waals surface area contributed by atoms with Crippen molar-refractivity contribution in [1.82, 2.24) is 14.9 Å². The molecule has 0 radical (unpaired) electrons. The molecule has 3 nitrogen and oxygen atoms in total. The first kappa shape index (κ1) is 10.3. The number of hydrogen-bond donors (Lipinski definition) is 1. The van der Waals surface area contributed by atoms with E-state index in [0.717, 1.165) is 5.92 Å². The normalized spacial score (nSPS) is 30.5. The second-order valence-electron chi connectivity index (χ2n) is 5.32. The molecule has 2 atom stereocenters. The summed E-state index contributed by atoms with van der Waals surface area (Å²) < 4.78 is 2.30. The Hall–Kier alpha value is -0.830. The highest BCUT2D eigenvalue weighted by Crippen LogP contribution is 2.31. The molecule has 0 aromatic carbocycles. The van der Waals surface area contributed by atoms with Gasteiger partial charge in [-0.1, -0.05) is 12.8 Å². The summed E-state index contributed by atoms with van der Waals surface area (Å²) in [5.74, 6) is 0.977. The average Bonchev–Trinajstić information content (AvgIpc) is 3.00. The van der Waals surface area contributed by atoms with Gasteiger partial charge in [-0.05, 0) is 38.1 Å². The molecule has 0 unspecified atom stereocenters. The van der Waals surface area contributed by atoms with Crippen molar-refractivity contribution in [3.05, 3.63) is 18.7 Å². The Morgan fingerprint density at radius 1 is 1.19 bits per heavy atom. The zero-order valence-electron chi connectivity index (χ0n) is 9.81. The monoisotopic (exact) mass is 219 g/mol.